The molecule has 0 bridgehead atoms. The maximum absolute atomic E-state index is 6.22. The largest absolute Gasteiger partial charge is 0.327 e. The Labute approximate surface area is 143 Å². The van der Waals surface area contributed by atoms with Crippen molar-refractivity contribution in [3.05, 3.63) is 47.8 Å². The van der Waals surface area contributed by atoms with Crippen LogP contribution in [0.1, 0.15) is 38.2 Å². The predicted octanol–water partition coefficient (Wildman–Crippen LogP) is 4.03. The standard InChI is InChI=1S/C19H27N3S/c1-3-15-4-5-16(7-9-19(8-6-15)12-18(19)20)17-13-21-22(14-17)10-11-23-2/h4-5,7,9,13-14,18H,3,6,8,10-12,20H2,1-2H3/b9-7+,15-4+,16-5+. The molecule has 0 amide bonds. The third kappa shape index (κ3) is 3.81. The zero-order valence-electron chi connectivity index (χ0n) is 14.2. The Hall–Kier alpha value is -1.26. The molecule has 2 atom stereocenters. The van der Waals surface area contributed by atoms with Crippen molar-refractivity contribution in [2.75, 3.05) is 12.0 Å². The predicted molar refractivity (Wildman–Crippen MR) is 100 cm³/mol. The average Bonchev–Trinajstić information content (AvgIpc) is 2.98. The Bertz CT molecular complexity index is 641. The highest BCUT2D eigenvalue weighted by molar-refractivity contribution is 7.98. The molecule has 2 aliphatic carbocycles. The summed E-state index contributed by atoms with van der Waals surface area (Å²) in [4.78, 5) is 0. The Kier molecular flexibility index (Phi) is 5.12. The smallest absolute Gasteiger partial charge is 0.0568 e. The summed E-state index contributed by atoms with van der Waals surface area (Å²) in [6.45, 7) is 3.20. The zero-order valence-corrected chi connectivity index (χ0v) is 15.0. The van der Waals surface area contributed by atoms with Gasteiger partial charge in [-0.1, -0.05) is 36.8 Å². The van der Waals surface area contributed by atoms with Crippen LogP contribution in [0, 0.1) is 5.41 Å². The number of thioether (sulfide) groups is 1. The summed E-state index contributed by atoms with van der Waals surface area (Å²) in [7, 11) is 0. The lowest BCUT2D eigenvalue weighted by atomic mass is 9.94. The van der Waals surface area contributed by atoms with Gasteiger partial charge in [-0.2, -0.15) is 16.9 Å². The molecule has 4 heteroatoms. The highest BCUT2D eigenvalue weighted by Crippen LogP contribution is 2.51. The van der Waals surface area contributed by atoms with Crippen LogP contribution in [-0.4, -0.2) is 27.8 Å². The fraction of sp³-hybridized carbons (Fsp3) is 0.526. The maximum atomic E-state index is 6.22. The van der Waals surface area contributed by atoms with E-state index in [0.717, 1.165) is 31.6 Å². The molecule has 3 rings (SSSR count). The molecule has 2 aliphatic rings. The van der Waals surface area contributed by atoms with Crippen LogP contribution in [0.3, 0.4) is 0 Å². The van der Waals surface area contributed by atoms with Crippen molar-refractivity contribution in [1.29, 1.82) is 0 Å². The van der Waals surface area contributed by atoms with Crippen LogP contribution in [-0.2, 0) is 6.54 Å². The first kappa shape index (κ1) is 16.6. The van der Waals surface area contributed by atoms with E-state index in [0.29, 0.717) is 6.04 Å². The van der Waals surface area contributed by atoms with Gasteiger partial charge in [-0.3, -0.25) is 4.68 Å². The number of hydrogen-bond donors (Lipinski definition) is 1. The fourth-order valence-corrected chi connectivity index (χ4v) is 3.58. The van der Waals surface area contributed by atoms with E-state index < -0.39 is 0 Å². The molecule has 23 heavy (non-hydrogen) atoms. The van der Waals surface area contributed by atoms with E-state index in [9.17, 15) is 0 Å². The lowest BCUT2D eigenvalue weighted by Crippen LogP contribution is -2.12. The van der Waals surface area contributed by atoms with Crippen molar-refractivity contribution < 1.29 is 0 Å². The lowest BCUT2D eigenvalue weighted by molar-refractivity contribution is 0.554. The monoisotopic (exact) mass is 329 g/mol. The number of aryl methyl sites for hydroxylation is 1. The van der Waals surface area contributed by atoms with Gasteiger partial charge >= 0.3 is 0 Å². The number of aromatic nitrogens is 2. The lowest BCUT2D eigenvalue weighted by Gasteiger charge is -2.11. The van der Waals surface area contributed by atoms with Gasteiger partial charge in [-0.25, -0.2) is 0 Å². The van der Waals surface area contributed by atoms with Crippen molar-refractivity contribution >= 4 is 17.3 Å². The average molecular weight is 330 g/mol. The second kappa shape index (κ2) is 7.10. The summed E-state index contributed by atoms with van der Waals surface area (Å²) in [5.74, 6) is 1.09. The van der Waals surface area contributed by atoms with Crippen LogP contribution < -0.4 is 5.73 Å². The van der Waals surface area contributed by atoms with Crippen LogP contribution in [0.2, 0.25) is 0 Å². The molecular weight excluding hydrogens is 302 g/mol. The third-order valence-corrected chi connectivity index (χ3v) is 5.72. The van der Waals surface area contributed by atoms with Gasteiger partial charge in [0.1, 0.15) is 0 Å². The molecule has 2 unspecified atom stereocenters. The Morgan fingerprint density at radius 1 is 1.43 bits per heavy atom. The molecule has 0 saturated heterocycles. The molecule has 1 aromatic rings. The van der Waals surface area contributed by atoms with Gasteiger partial charge in [0.2, 0.25) is 0 Å². The minimum atomic E-state index is 0.229. The summed E-state index contributed by atoms with van der Waals surface area (Å²) in [6, 6.07) is 0.334. The molecule has 1 saturated carbocycles. The molecule has 1 fully saturated rings. The second-order valence-electron chi connectivity index (χ2n) is 6.66. The van der Waals surface area contributed by atoms with Crippen LogP contribution in [0.4, 0.5) is 0 Å². The highest BCUT2D eigenvalue weighted by atomic mass is 32.2. The summed E-state index contributed by atoms with van der Waals surface area (Å²) >= 11 is 1.85. The van der Waals surface area contributed by atoms with Crippen molar-refractivity contribution in [3.8, 4) is 0 Å². The molecule has 0 aromatic carbocycles. The zero-order chi connectivity index (χ0) is 16.3. The molecular formula is C19H27N3S. The minimum Gasteiger partial charge on any atom is -0.327 e. The highest BCUT2D eigenvalue weighted by Gasteiger charge is 2.49. The number of nitrogens with two attached hydrogens (primary N) is 1. The van der Waals surface area contributed by atoms with Gasteiger partial charge in [0.05, 0.1) is 6.20 Å². The van der Waals surface area contributed by atoms with E-state index in [4.69, 9.17) is 5.73 Å². The molecule has 0 aliphatic heterocycles. The van der Waals surface area contributed by atoms with Gasteiger partial charge < -0.3 is 5.73 Å². The maximum Gasteiger partial charge on any atom is 0.0568 e. The first-order valence-electron chi connectivity index (χ1n) is 8.53. The number of nitrogens with zero attached hydrogens (tertiary/aromatic N) is 2. The van der Waals surface area contributed by atoms with Crippen molar-refractivity contribution in [3.63, 3.8) is 0 Å². The quantitative estimate of drug-likeness (QED) is 0.887. The minimum absolute atomic E-state index is 0.229. The van der Waals surface area contributed by atoms with Gasteiger partial charge in [-0.05, 0) is 37.5 Å². The first-order valence-corrected chi connectivity index (χ1v) is 9.92. The molecule has 1 heterocycles. The van der Waals surface area contributed by atoms with Gasteiger partial charge in [0.25, 0.3) is 0 Å². The molecule has 2 N–H and O–H groups in total. The van der Waals surface area contributed by atoms with Gasteiger partial charge in [0.15, 0.2) is 0 Å². The molecule has 3 nitrogen and oxygen atoms in total. The summed E-state index contributed by atoms with van der Waals surface area (Å²) in [5, 5.41) is 4.50. The van der Waals surface area contributed by atoms with Gasteiger partial charge in [0, 0.05) is 35.5 Å². The van der Waals surface area contributed by atoms with E-state index in [1.807, 2.05) is 22.6 Å². The van der Waals surface area contributed by atoms with Gasteiger partial charge in [-0.15, -0.1) is 0 Å². The summed E-state index contributed by atoms with van der Waals surface area (Å²) < 4.78 is 2.04. The van der Waals surface area contributed by atoms with E-state index in [1.54, 1.807) is 0 Å². The third-order valence-electron chi connectivity index (χ3n) is 5.13. The van der Waals surface area contributed by atoms with Crippen LogP contribution in [0.15, 0.2) is 42.3 Å². The van der Waals surface area contributed by atoms with E-state index in [2.05, 4.69) is 48.8 Å². The van der Waals surface area contributed by atoms with Crippen molar-refractivity contribution in [2.45, 2.75) is 45.2 Å². The van der Waals surface area contributed by atoms with E-state index in [1.165, 1.54) is 23.1 Å². The second-order valence-corrected chi connectivity index (χ2v) is 7.65. The normalized spacial score (nSPS) is 33.1. The molecule has 124 valence electrons. The van der Waals surface area contributed by atoms with E-state index >= 15 is 0 Å². The summed E-state index contributed by atoms with van der Waals surface area (Å²) in [5.41, 5.74) is 10.4. The van der Waals surface area contributed by atoms with Crippen molar-refractivity contribution in [2.24, 2.45) is 11.1 Å². The molecule has 1 spiro atoms. The SMILES string of the molecule is CC\C1=C/C=C(c2cnn(CCSC)c2)\C=C\C2(CC1)CC2N. The number of rotatable bonds is 5. The number of hydrogen-bond acceptors (Lipinski definition) is 3. The van der Waals surface area contributed by atoms with E-state index in [-0.39, 0.29) is 5.41 Å². The number of allylic oxidation sites excluding steroid dienone is 5. The first-order chi connectivity index (χ1) is 11.2. The van der Waals surface area contributed by atoms with Crippen LogP contribution in [0.25, 0.3) is 5.57 Å². The van der Waals surface area contributed by atoms with Crippen molar-refractivity contribution in [1.82, 2.24) is 9.78 Å². The Morgan fingerprint density at radius 2 is 2.26 bits per heavy atom. The van der Waals surface area contributed by atoms with Crippen LogP contribution in [0.5, 0.6) is 0 Å². The topological polar surface area (TPSA) is 43.8 Å². The fourth-order valence-electron chi connectivity index (χ4n) is 3.22. The molecule has 1 aromatic heterocycles. The Balaban J connectivity index is 1.86. The summed E-state index contributed by atoms with van der Waals surface area (Å²) in [6.07, 6.45) is 20.0. The Morgan fingerprint density at radius 3 is 2.96 bits per heavy atom. The van der Waals surface area contributed by atoms with Crippen LogP contribution >= 0.6 is 11.8 Å². The molecule has 0 radical (unpaired) electrons.